The molecule has 0 spiro atoms. The fourth-order valence-electron chi connectivity index (χ4n) is 1.36. The minimum absolute atomic E-state index is 0.707. The molecule has 0 aromatic heterocycles. The number of nitro groups is 1. The minimum Gasteiger partial charge on any atom is -0.477 e. The number of carboxylic acid groups (broad SMARTS) is 1. The first-order valence-electron chi connectivity index (χ1n) is 4.65. The van der Waals surface area contributed by atoms with E-state index in [2.05, 4.69) is 0 Å². The fourth-order valence-corrected chi connectivity index (χ4v) is 2.59. The lowest BCUT2D eigenvalue weighted by Gasteiger charge is -2.05. The zero-order chi connectivity index (χ0) is 13.9. The van der Waals surface area contributed by atoms with E-state index in [1.807, 2.05) is 0 Å². The van der Waals surface area contributed by atoms with Crippen molar-refractivity contribution in [2.24, 2.45) is 0 Å². The molecular weight excluding hydrogens is 266 g/mol. The van der Waals surface area contributed by atoms with Crippen molar-refractivity contribution in [3.63, 3.8) is 0 Å². The van der Waals surface area contributed by atoms with Gasteiger partial charge in [-0.3, -0.25) is 10.1 Å². The molecule has 0 aliphatic rings. The summed E-state index contributed by atoms with van der Waals surface area (Å²) in [7, 11) is -4.10. The van der Waals surface area contributed by atoms with Gasteiger partial charge in [0.25, 0.3) is 0 Å². The molecule has 0 amide bonds. The molecule has 1 rings (SSSR count). The van der Waals surface area contributed by atoms with Crippen molar-refractivity contribution in [1.82, 2.24) is 0 Å². The first kappa shape index (κ1) is 14.1. The van der Waals surface area contributed by atoms with E-state index in [1.165, 1.54) is 0 Å². The summed E-state index contributed by atoms with van der Waals surface area (Å²) in [4.78, 5) is 19.9. The molecule has 0 saturated carbocycles. The van der Waals surface area contributed by atoms with E-state index < -0.39 is 49.2 Å². The van der Waals surface area contributed by atoms with Crippen LogP contribution in [0.4, 0.5) is 5.69 Å². The van der Waals surface area contributed by atoms with Gasteiger partial charge in [0.05, 0.1) is 17.3 Å². The van der Waals surface area contributed by atoms with Crippen molar-refractivity contribution in [2.45, 2.75) is 4.90 Å². The lowest BCUT2D eigenvalue weighted by Crippen LogP contribution is -2.14. The predicted molar refractivity (Wildman–Crippen MR) is 59.2 cm³/mol. The van der Waals surface area contributed by atoms with E-state index in [0.29, 0.717) is 0 Å². The Morgan fingerprint density at radius 3 is 2.44 bits per heavy atom. The lowest BCUT2D eigenvalue weighted by atomic mass is 10.2. The highest BCUT2D eigenvalue weighted by Gasteiger charge is 2.30. The molecule has 0 aliphatic heterocycles. The number of rotatable bonds is 5. The molecule has 0 bridgehead atoms. The molecule has 18 heavy (non-hydrogen) atoms. The predicted octanol–water partition coefficient (Wildman–Crippen LogP) is 0.0590. The molecular formula is C9H9NO7S. The quantitative estimate of drug-likeness (QED) is 0.572. The zero-order valence-electron chi connectivity index (χ0n) is 8.94. The highest BCUT2D eigenvalue weighted by molar-refractivity contribution is 7.91. The molecule has 0 heterocycles. The van der Waals surface area contributed by atoms with Crippen molar-refractivity contribution in [3.8, 4) is 0 Å². The fraction of sp³-hybridized carbons (Fsp3) is 0.222. The highest BCUT2D eigenvalue weighted by Crippen LogP contribution is 2.28. The van der Waals surface area contributed by atoms with Gasteiger partial charge >= 0.3 is 11.7 Å². The second-order valence-corrected chi connectivity index (χ2v) is 5.33. The SMILES string of the molecule is O=C(O)c1cccc(S(=O)(=O)CCO)c1[N+](=O)[O-]. The van der Waals surface area contributed by atoms with Crippen LogP contribution in [-0.4, -0.2) is 41.9 Å². The van der Waals surface area contributed by atoms with Crippen LogP contribution in [-0.2, 0) is 9.84 Å². The smallest absolute Gasteiger partial charge is 0.342 e. The molecule has 9 heteroatoms. The molecule has 0 radical (unpaired) electrons. The molecule has 8 nitrogen and oxygen atoms in total. The summed E-state index contributed by atoms with van der Waals surface area (Å²) in [6, 6.07) is 2.98. The monoisotopic (exact) mass is 275 g/mol. The van der Waals surface area contributed by atoms with E-state index in [-0.39, 0.29) is 0 Å². The number of aliphatic hydroxyl groups is 1. The second kappa shape index (κ2) is 5.10. The molecule has 0 saturated heterocycles. The van der Waals surface area contributed by atoms with Gasteiger partial charge in [-0.2, -0.15) is 0 Å². The Morgan fingerprint density at radius 1 is 1.39 bits per heavy atom. The summed E-state index contributed by atoms with van der Waals surface area (Å²) in [6.07, 6.45) is 0. The van der Waals surface area contributed by atoms with E-state index in [4.69, 9.17) is 10.2 Å². The first-order valence-corrected chi connectivity index (χ1v) is 6.31. The van der Waals surface area contributed by atoms with Crippen molar-refractivity contribution in [1.29, 1.82) is 0 Å². The number of nitrogens with zero attached hydrogens (tertiary/aromatic N) is 1. The Kier molecular flexibility index (Phi) is 3.99. The summed E-state index contributed by atoms with van der Waals surface area (Å²) >= 11 is 0. The van der Waals surface area contributed by atoms with E-state index in [9.17, 15) is 23.3 Å². The average Bonchev–Trinajstić information content (AvgIpc) is 2.27. The molecule has 0 unspecified atom stereocenters. The van der Waals surface area contributed by atoms with Crippen LogP contribution in [0.25, 0.3) is 0 Å². The first-order chi connectivity index (χ1) is 8.31. The van der Waals surface area contributed by atoms with Crippen LogP contribution in [0, 0.1) is 10.1 Å². The standard InChI is InChI=1S/C9H9NO7S/c11-4-5-18(16,17)7-3-1-2-6(9(12)13)8(7)10(14)15/h1-3,11H,4-5H2,(H,12,13). The van der Waals surface area contributed by atoms with Crippen molar-refractivity contribution in [3.05, 3.63) is 33.9 Å². The van der Waals surface area contributed by atoms with Crippen molar-refractivity contribution in [2.75, 3.05) is 12.4 Å². The van der Waals surface area contributed by atoms with Gasteiger partial charge in [-0.15, -0.1) is 0 Å². The number of hydrogen-bond donors (Lipinski definition) is 2. The molecule has 1 aromatic carbocycles. The third-order valence-electron chi connectivity index (χ3n) is 2.11. The number of para-hydroxylation sites is 1. The Balaban J connectivity index is 3.60. The van der Waals surface area contributed by atoms with Crippen LogP contribution in [0.2, 0.25) is 0 Å². The number of sulfone groups is 1. The Labute approximate surface area is 102 Å². The van der Waals surface area contributed by atoms with Gasteiger partial charge in [-0.25, -0.2) is 13.2 Å². The zero-order valence-corrected chi connectivity index (χ0v) is 9.75. The number of carboxylic acids is 1. The van der Waals surface area contributed by atoms with Gasteiger partial charge in [-0.05, 0) is 12.1 Å². The number of aromatic carboxylic acids is 1. The molecule has 98 valence electrons. The summed E-state index contributed by atoms with van der Waals surface area (Å²) in [5.74, 6) is -2.31. The minimum atomic E-state index is -4.10. The van der Waals surface area contributed by atoms with Crippen LogP contribution < -0.4 is 0 Å². The van der Waals surface area contributed by atoms with Gasteiger partial charge in [-0.1, -0.05) is 6.07 Å². The number of hydrogen-bond acceptors (Lipinski definition) is 6. The number of benzene rings is 1. The number of nitro benzene ring substituents is 1. The van der Waals surface area contributed by atoms with E-state index >= 15 is 0 Å². The van der Waals surface area contributed by atoms with Gasteiger partial charge < -0.3 is 10.2 Å². The van der Waals surface area contributed by atoms with Crippen molar-refractivity contribution < 1.29 is 28.3 Å². The Morgan fingerprint density at radius 2 is 2.00 bits per heavy atom. The molecule has 1 aromatic rings. The largest absolute Gasteiger partial charge is 0.477 e. The van der Waals surface area contributed by atoms with Crippen LogP contribution in [0.5, 0.6) is 0 Å². The highest BCUT2D eigenvalue weighted by atomic mass is 32.2. The summed E-state index contributed by atoms with van der Waals surface area (Å²) < 4.78 is 23.3. The van der Waals surface area contributed by atoms with Crippen LogP contribution in [0.1, 0.15) is 10.4 Å². The maximum absolute atomic E-state index is 11.7. The second-order valence-electron chi connectivity index (χ2n) is 3.26. The van der Waals surface area contributed by atoms with Crippen LogP contribution in [0.3, 0.4) is 0 Å². The van der Waals surface area contributed by atoms with Gasteiger partial charge in [0, 0.05) is 0 Å². The number of aliphatic hydroxyl groups excluding tert-OH is 1. The van der Waals surface area contributed by atoms with Gasteiger partial charge in [0.15, 0.2) is 9.84 Å². The number of carbonyl (C=O) groups is 1. The Bertz CT molecular complexity index is 593. The van der Waals surface area contributed by atoms with E-state index in [1.54, 1.807) is 0 Å². The Hall–Kier alpha value is -2.00. The molecule has 0 aliphatic carbocycles. The average molecular weight is 275 g/mol. The molecule has 0 fully saturated rings. The summed E-state index contributed by atoms with van der Waals surface area (Å²) in [6.45, 7) is -0.712. The lowest BCUT2D eigenvalue weighted by molar-refractivity contribution is -0.388. The van der Waals surface area contributed by atoms with Crippen LogP contribution >= 0.6 is 0 Å². The van der Waals surface area contributed by atoms with E-state index in [0.717, 1.165) is 18.2 Å². The summed E-state index contributed by atoms with van der Waals surface area (Å²) in [5.41, 5.74) is -1.70. The third kappa shape index (κ3) is 2.63. The topological polar surface area (TPSA) is 135 Å². The van der Waals surface area contributed by atoms with Gasteiger partial charge in [0.2, 0.25) is 0 Å². The normalized spacial score (nSPS) is 11.2. The summed E-state index contributed by atoms with van der Waals surface area (Å²) in [5, 5.41) is 28.2. The molecule has 0 atom stereocenters. The van der Waals surface area contributed by atoms with Crippen molar-refractivity contribution >= 4 is 21.5 Å². The third-order valence-corrected chi connectivity index (χ3v) is 3.83. The van der Waals surface area contributed by atoms with Gasteiger partial charge in [0.1, 0.15) is 10.5 Å². The molecule has 2 N–H and O–H groups in total. The maximum atomic E-state index is 11.7. The van der Waals surface area contributed by atoms with Crippen LogP contribution in [0.15, 0.2) is 23.1 Å². The maximum Gasteiger partial charge on any atom is 0.342 e.